The molecular weight excluding hydrogens is 452 g/mol. The molecule has 0 radical (unpaired) electrons. The van der Waals surface area contributed by atoms with Crippen LogP contribution in [0.5, 0.6) is 0 Å². The topological polar surface area (TPSA) is 93.7 Å². The van der Waals surface area contributed by atoms with Crippen molar-refractivity contribution < 1.29 is 23.9 Å². The number of esters is 2. The van der Waals surface area contributed by atoms with E-state index in [0.29, 0.717) is 16.3 Å². The molecule has 166 valence electrons. The first-order chi connectivity index (χ1) is 15.4. The van der Waals surface area contributed by atoms with E-state index in [2.05, 4.69) is 10.6 Å². The van der Waals surface area contributed by atoms with Crippen LogP contribution in [0.2, 0.25) is 5.02 Å². The highest BCUT2D eigenvalue weighted by atomic mass is 35.5. The van der Waals surface area contributed by atoms with E-state index in [1.165, 1.54) is 0 Å². The Labute approximate surface area is 194 Å². The second-order valence-corrected chi connectivity index (χ2v) is 8.09. The number of benzene rings is 2. The van der Waals surface area contributed by atoms with E-state index in [4.69, 9.17) is 21.1 Å². The monoisotopic (exact) mass is 472 g/mol. The van der Waals surface area contributed by atoms with Crippen molar-refractivity contribution in [3.05, 3.63) is 81.2 Å². The summed E-state index contributed by atoms with van der Waals surface area (Å²) < 4.78 is 10.5. The summed E-state index contributed by atoms with van der Waals surface area (Å²) in [5, 5.41) is 5.91. The molecule has 0 bridgehead atoms. The van der Waals surface area contributed by atoms with E-state index in [1.807, 2.05) is 30.3 Å². The summed E-state index contributed by atoms with van der Waals surface area (Å²) in [6.45, 7) is 3.52. The largest absolute Gasteiger partial charge is 0.462 e. The highest BCUT2D eigenvalue weighted by Gasteiger charge is 2.27. The van der Waals surface area contributed by atoms with Crippen molar-refractivity contribution >= 4 is 51.6 Å². The third-order valence-corrected chi connectivity index (χ3v) is 5.76. The third-order valence-electron chi connectivity index (χ3n) is 4.33. The van der Waals surface area contributed by atoms with E-state index in [1.54, 1.807) is 38.1 Å². The normalized spacial score (nSPS) is 10.3. The fourth-order valence-electron chi connectivity index (χ4n) is 2.87. The number of rotatable bonds is 7. The van der Waals surface area contributed by atoms with Crippen molar-refractivity contribution in [3.63, 3.8) is 0 Å². The van der Waals surface area contributed by atoms with Crippen molar-refractivity contribution in [2.75, 3.05) is 17.2 Å². The van der Waals surface area contributed by atoms with Crippen LogP contribution in [0, 0.1) is 6.92 Å². The number of nitrogens with one attached hydrogen (secondary N) is 2. The molecule has 0 aliphatic carbocycles. The van der Waals surface area contributed by atoms with Gasteiger partial charge in [-0.2, -0.15) is 0 Å². The molecule has 9 heteroatoms. The van der Waals surface area contributed by atoms with Crippen LogP contribution in [0.4, 0.5) is 15.5 Å². The van der Waals surface area contributed by atoms with E-state index in [9.17, 15) is 14.4 Å². The molecule has 3 aromatic rings. The van der Waals surface area contributed by atoms with Gasteiger partial charge in [0.25, 0.3) is 0 Å². The number of thiophene rings is 1. The van der Waals surface area contributed by atoms with Gasteiger partial charge >= 0.3 is 18.0 Å². The molecule has 1 heterocycles. The predicted octanol–water partition coefficient (Wildman–Crippen LogP) is 5.89. The summed E-state index contributed by atoms with van der Waals surface area (Å²) >= 11 is 6.89. The van der Waals surface area contributed by atoms with Crippen molar-refractivity contribution in [1.29, 1.82) is 0 Å². The van der Waals surface area contributed by atoms with Gasteiger partial charge < -0.3 is 14.8 Å². The second kappa shape index (κ2) is 10.8. The number of anilines is 2. The van der Waals surface area contributed by atoms with Gasteiger partial charge in [-0.3, -0.25) is 5.32 Å². The average Bonchev–Trinajstić information content (AvgIpc) is 3.08. The van der Waals surface area contributed by atoms with Gasteiger partial charge in [0.2, 0.25) is 0 Å². The molecule has 1 aromatic heterocycles. The molecule has 0 atom stereocenters. The van der Waals surface area contributed by atoms with Gasteiger partial charge in [0, 0.05) is 10.7 Å². The first-order valence-corrected chi connectivity index (χ1v) is 10.9. The maximum atomic E-state index is 12.7. The average molecular weight is 473 g/mol. The van der Waals surface area contributed by atoms with Gasteiger partial charge in [-0.25, -0.2) is 14.4 Å². The maximum absolute atomic E-state index is 12.7. The summed E-state index contributed by atoms with van der Waals surface area (Å²) in [7, 11) is 0. The second-order valence-electron chi connectivity index (χ2n) is 6.63. The van der Waals surface area contributed by atoms with E-state index < -0.39 is 18.0 Å². The third kappa shape index (κ3) is 5.87. The summed E-state index contributed by atoms with van der Waals surface area (Å²) in [5.41, 5.74) is 1.80. The number of urea groups is 1. The molecule has 2 amide bonds. The summed E-state index contributed by atoms with van der Waals surface area (Å²) in [4.78, 5) is 37.9. The lowest BCUT2D eigenvalue weighted by Crippen LogP contribution is -2.20. The fourth-order valence-corrected chi connectivity index (χ4v) is 4.14. The molecule has 0 unspecified atom stereocenters. The molecule has 2 aromatic carbocycles. The van der Waals surface area contributed by atoms with Crippen LogP contribution in [-0.2, 0) is 16.1 Å². The molecule has 7 nitrogen and oxygen atoms in total. The minimum atomic E-state index is -0.638. The lowest BCUT2D eigenvalue weighted by atomic mass is 10.1. The highest BCUT2D eigenvalue weighted by molar-refractivity contribution is 7.18. The van der Waals surface area contributed by atoms with Gasteiger partial charge in [0.05, 0.1) is 12.2 Å². The molecule has 0 fully saturated rings. The van der Waals surface area contributed by atoms with Gasteiger partial charge in [-0.05, 0) is 43.2 Å². The van der Waals surface area contributed by atoms with Crippen LogP contribution in [0.25, 0.3) is 0 Å². The van der Waals surface area contributed by atoms with E-state index >= 15 is 0 Å². The molecule has 0 saturated carbocycles. The van der Waals surface area contributed by atoms with Crippen LogP contribution in [0.1, 0.15) is 38.1 Å². The molecule has 32 heavy (non-hydrogen) atoms. The molecule has 0 aliphatic heterocycles. The van der Waals surface area contributed by atoms with Crippen LogP contribution >= 0.6 is 22.9 Å². The van der Waals surface area contributed by atoms with Crippen molar-refractivity contribution in [2.45, 2.75) is 20.5 Å². The van der Waals surface area contributed by atoms with Gasteiger partial charge in [0.15, 0.2) is 0 Å². The maximum Gasteiger partial charge on any atom is 0.349 e. The molecule has 0 spiro atoms. The van der Waals surface area contributed by atoms with E-state index in [-0.39, 0.29) is 28.7 Å². The Morgan fingerprint density at radius 2 is 1.72 bits per heavy atom. The Kier molecular flexibility index (Phi) is 7.86. The highest BCUT2D eigenvalue weighted by Crippen LogP contribution is 2.34. The van der Waals surface area contributed by atoms with E-state index in [0.717, 1.165) is 16.9 Å². The molecular formula is C23H21ClN2O5S. The zero-order valence-electron chi connectivity index (χ0n) is 17.4. The summed E-state index contributed by atoms with van der Waals surface area (Å²) in [6, 6.07) is 15.3. The Morgan fingerprint density at radius 3 is 2.41 bits per heavy atom. The number of ether oxygens (including phenoxy) is 2. The first-order valence-electron chi connectivity index (χ1n) is 9.74. The molecule has 3 rings (SSSR count). The predicted molar refractivity (Wildman–Crippen MR) is 125 cm³/mol. The summed E-state index contributed by atoms with van der Waals surface area (Å²) in [5.74, 6) is -1.23. The van der Waals surface area contributed by atoms with Gasteiger partial charge in [0.1, 0.15) is 16.5 Å². The Balaban J connectivity index is 1.81. The molecule has 2 N–H and O–H groups in total. The minimum absolute atomic E-state index is 0.0871. The quantitative estimate of drug-likeness (QED) is 0.418. The SMILES string of the molecule is CCOC(=O)c1c(NC(=O)Nc2cccc(Cl)c2)sc(C(=O)OCc2ccccc2)c1C. The standard InChI is InChI=1S/C23H21ClN2O5S/c1-3-30-21(27)18-14(2)19(22(28)31-13-15-8-5-4-6-9-15)32-20(18)26-23(29)25-17-11-7-10-16(24)12-17/h4-12H,3,13H2,1-2H3,(H2,25,26,29). The fraction of sp³-hybridized carbons (Fsp3) is 0.174. The van der Waals surface area contributed by atoms with Crippen molar-refractivity contribution in [1.82, 2.24) is 0 Å². The Hall–Kier alpha value is -3.36. The van der Waals surface area contributed by atoms with Crippen LogP contribution in [0.15, 0.2) is 54.6 Å². The number of carbonyl (C=O) groups is 3. The first kappa shape index (κ1) is 23.3. The van der Waals surface area contributed by atoms with Gasteiger partial charge in [-0.1, -0.05) is 48.0 Å². The van der Waals surface area contributed by atoms with Crippen LogP contribution in [-0.4, -0.2) is 24.6 Å². The smallest absolute Gasteiger partial charge is 0.349 e. The number of amides is 2. The Bertz CT molecular complexity index is 1130. The van der Waals surface area contributed by atoms with Gasteiger partial charge in [-0.15, -0.1) is 11.3 Å². The number of halogens is 1. The number of hydrogen-bond donors (Lipinski definition) is 2. The van der Waals surface area contributed by atoms with Crippen molar-refractivity contribution in [2.24, 2.45) is 0 Å². The zero-order chi connectivity index (χ0) is 23.1. The molecule has 0 aliphatic rings. The summed E-state index contributed by atoms with van der Waals surface area (Å²) in [6.07, 6.45) is 0. The number of carbonyl (C=O) groups excluding carboxylic acids is 3. The Morgan fingerprint density at radius 1 is 0.969 bits per heavy atom. The van der Waals surface area contributed by atoms with Crippen molar-refractivity contribution in [3.8, 4) is 0 Å². The molecule has 0 saturated heterocycles. The number of hydrogen-bond acceptors (Lipinski definition) is 6. The van der Waals surface area contributed by atoms with Crippen LogP contribution in [0.3, 0.4) is 0 Å². The lowest BCUT2D eigenvalue weighted by Gasteiger charge is -2.09. The lowest BCUT2D eigenvalue weighted by molar-refractivity contribution is 0.0477. The minimum Gasteiger partial charge on any atom is -0.462 e. The van der Waals surface area contributed by atoms with Crippen LogP contribution < -0.4 is 10.6 Å². The zero-order valence-corrected chi connectivity index (χ0v) is 19.0.